The smallest absolute Gasteiger partial charge is 0.258 e. The van der Waals surface area contributed by atoms with Crippen LogP contribution in [0.5, 0.6) is 0 Å². The number of pyridine rings is 2. The van der Waals surface area contributed by atoms with Crippen molar-refractivity contribution < 1.29 is 9.59 Å². The van der Waals surface area contributed by atoms with Gasteiger partial charge in [-0.05, 0) is 67.9 Å². The molecule has 7 nitrogen and oxygen atoms in total. The second-order valence-corrected chi connectivity index (χ2v) is 8.16. The zero-order chi connectivity index (χ0) is 23.7. The average Bonchev–Trinajstić information content (AvgIpc) is 3.01. The number of amides is 2. The van der Waals surface area contributed by atoms with Gasteiger partial charge in [-0.1, -0.05) is 18.2 Å². The molecule has 1 aliphatic rings. The van der Waals surface area contributed by atoms with Crippen LogP contribution in [0.15, 0.2) is 79.1 Å². The van der Waals surface area contributed by atoms with E-state index in [1.165, 1.54) is 0 Å². The van der Waals surface area contributed by atoms with Gasteiger partial charge >= 0.3 is 0 Å². The Hall–Kier alpha value is -4.52. The number of fused-ring (bicyclic) bond motifs is 2. The van der Waals surface area contributed by atoms with Crippen molar-refractivity contribution in [3.63, 3.8) is 0 Å². The molecule has 0 bridgehead atoms. The largest absolute Gasteiger partial charge is 0.338 e. The van der Waals surface area contributed by atoms with Crippen molar-refractivity contribution in [2.75, 3.05) is 15.5 Å². The minimum atomic E-state index is -0.235. The maximum atomic E-state index is 13.7. The fourth-order valence-electron chi connectivity index (χ4n) is 4.11. The number of nitrogens with one attached hydrogen (secondary N) is 2. The van der Waals surface area contributed by atoms with Crippen LogP contribution in [0.2, 0.25) is 0 Å². The number of aryl methyl sites for hydroxylation is 2. The van der Waals surface area contributed by atoms with E-state index in [0.29, 0.717) is 29.1 Å². The number of benzene rings is 2. The van der Waals surface area contributed by atoms with Crippen LogP contribution < -0.4 is 15.5 Å². The maximum Gasteiger partial charge on any atom is 0.258 e. The van der Waals surface area contributed by atoms with Crippen molar-refractivity contribution in [3.05, 3.63) is 107 Å². The van der Waals surface area contributed by atoms with Gasteiger partial charge in [0.05, 0.1) is 23.5 Å². The monoisotopic (exact) mass is 449 g/mol. The van der Waals surface area contributed by atoms with Gasteiger partial charge in [0, 0.05) is 34.9 Å². The first kappa shape index (κ1) is 21.3. The van der Waals surface area contributed by atoms with Crippen molar-refractivity contribution in [1.82, 2.24) is 9.97 Å². The lowest BCUT2D eigenvalue weighted by molar-refractivity contribution is 0.0983. The molecule has 3 heterocycles. The highest BCUT2D eigenvalue weighted by Crippen LogP contribution is 2.35. The summed E-state index contributed by atoms with van der Waals surface area (Å²) in [6.45, 7) is 4.06. The average molecular weight is 450 g/mol. The van der Waals surface area contributed by atoms with Gasteiger partial charge in [0.2, 0.25) is 0 Å². The van der Waals surface area contributed by atoms with Gasteiger partial charge in [-0.3, -0.25) is 14.6 Å². The van der Waals surface area contributed by atoms with Crippen LogP contribution in [0.25, 0.3) is 0 Å². The van der Waals surface area contributed by atoms with Crippen LogP contribution >= 0.6 is 0 Å². The molecule has 1 aliphatic heterocycles. The molecule has 2 N–H and O–H groups in total. The summed E-state index contributed by atoms with van der Waals surface area (Å²) in [6.07, 6.45) is 3.39. The van der Waals surface area contributed by atoms with E-state index in [4.69, 9.17) is 0 Å². The predicted molar refractivity (Wildman–Crippen MR) is 133 cm³/mol. The van der Waals surface area contributed by atoms with E-state index in [1.807, 2.05) is 49.4 Å². The second kappa shape index (κ2) is 8.78. The molecule has 0 fully saturated rings. The van der Waals surface area contributed by atoms with Crippen LogP contribution in [0.3, 0.4) is 0 Å². The van der Waals surface area contributed by atoms with Gasteiger partial charge in [0.1, 0.15) is 5.82 Å². The van der Waals surface area contributed by atoms with E-state index in [1.54, 1.807) is 48.5 Å². The van der Waals surface area contributed by atoms with Crippen molar-refractivity contribution in [2.24, 2.45) is 0 Å². The molecule has 0 spiro atoms. The molecule has 0 saturated heterocycles. The third-order valence-corrected chi connectivity index (χ3v) is 5.88. The molecule has 0 unspecified atom stereocenters. The van der Waals surface area contributed by atoms with E-state index in [-0.39, 0.29) is 11.8 Å². The second-order valence-electron chi connectivity index (χ2n) is 8.16. The molecule has 0 saturated carbocycles. The molecule has 0 aliphatic carbocycles. The maximum absolute atomic E-state index is 13.7. The fraction of sp³-hybridized carbons (Fsp3) is 0.111. The topological polar surface area (TPSA) is 87.2 Å². The zero-order valence-electron chi connectivity index (χ0n) is 18.9. The molecule has 34 heavy (non-hydrogen) atoms. The predicted octanol–water partition coefficient (Wildman–Crippen LogP) is 5.25. The molecule has 5 rings (SSSR count). The standard InChI is InChI=1S/C27H23N5O2/c1-17-15-20(30-26(33)22-8-6-13-28-18(22)2)11-12-21(17)27(34)32-16-19-7-5-14-29-25(19)31-23-9-3-4-10-24(23)32/h3-15H,16H2,1-2H3,(H,29,31)(H,30,33). The Balaban J connectivity index is 1.45. The number of anilines is 4. The van der Waals surface area contributed by atoms with Gasteiger partial charge < -0.3 is 15.5 Å². The molecule has 7 heteroatoms. The Morgan fingerprint density at radius 1 is 0.912 bits per heavy atom. The summed E-state index contributed by atoms with van der Waals surface area (Å²) >= 11 is 0. The summed E-state index contributed by atoms with van der Waals surface area (Å²) in [7, 11) is 0. The Kier molecular flexibility index (Phi) is 5.51. The number of rotatable bonds is 3. The lowest BCUT2D eigenvalue weighted by Crippen LogP contribution is -2.30. The first-order chi connectivity index (χ1) is 16.5. The van der Waals surface area contributed by atoms with Crippen molar-refractivity contribution in [3.8, 4) is 0 Å². The molecular formula is C27H23N5O2. The third kappa shape index (κ3) is 3.99. The highest BCUT2D eigenvalue weighted by Gasteiger charge is 2.26. The molecule has 0 atom stereocenters. The Labute approximate surface area is 197 Å². The Bertz CT molecular complexity index is 1420. The van der Waals surface area contributed by atoms with Crippen LogP contribution in [-0.4, -0.2) is 21.8 Å². The number of para-hydroxylation sites is 2. The number of carbonyl (C=O) groups excluding carboxylic acids is 2. The van der Waals surface area contributed by atoms with Gasteiger partial charge in [0.25, 0.3) is 11.8 Å². The quantitative estimate of drug-likeness (QED) is 0.446. The normalized spacial score (nSPS) is 12.1. The van der Waals surface area contributed by atoms with Gasteiger partial charge in [-0.15, -0.1) is 0 Å². The van der Waals surface area contributed by atoms with Gasteiger partial charge in [-0.25, -0.2) is 4.98 Å². The summed E-state index contributed by atoms with van der Waals surface area (Å²) in [6, 6.07) is 20.3. The Morgan fingerprint density at radius 2 is 1.71 bits per heavy atom. The molecule has 0 radical (unpaired) electrons. The first-order valence-corrected chi connectivity index (χ1v) is 11.0. The highest BCUT2D eigenvalue weighted by atomic mass is 16.2. The van der Waals surface area contributed by atoms with Crippen LogP contribution in [-0.2, 0) is 6.54 Å². The number of hydrogen-bond acceptors (Lipinski definition) is 5. The van der Waals surface area contributed by atoms with E-state index in [9.17, 15) is 9.59 Å². The number of aromatic nitrogens is 2. The minimum absolute atomic E-state index is 0.121. The summed E-state index contributed by atoms with van der Waals surface area (Å²) < 4.78 is 0. The first-order valence-electron chi connectivity index (χ1n) is 11.0. The van der Waals surface area contributed by atoms with Crippen molar-refractivity contribution in [1.29, 1.82) is 0 Å². The van der Waals surface area contributed by atoms with Crippen LogP contribution in [0, 0.1) is 13.8 Å². The zero-order valence-corrected chi connectivity index (χ0v) is 18.9. The molecule has 2 aromatic carbocycles. The van der Waals surface area contributed by atoms with Crippen LogP contribution in [0.1, 0.15) is 37.5 Å². The van der Waals surface area contributed by atoms with Crippen molar-refractivity contribution in [2.45, 2.75) is 20.4 Å². The van der Waals surface area contributed by atoms with E-state index in [2.05, 4.69) is 20.6 Å². The number of hydrogen-bond donors (Lipinski definition) is 2. The summed E-state index contributed by atoms with van der Waals surface area (Å²) in [5, 5.41) is 6.25. The molecule has 2 aromatic heterocycles. The Morgan fingerprint density at radius 3 is 2.53 bits per heavy atom. The molecule has 2 amide bonds. The molecule has 4 aromatic rings. The third-order valence-electron chi connectivity index (χ3n) is 5.88. The lowest BCUT2D eigenvalue weighted by atomic mass is 10.0. The van der Waals surface area contributed by atoms with Gasteiger partial charge in [0.15, 0.2) is 0 Å². The molecular weight excluding hydrogens is 426 g/mol. The van der Waals surface area contributed by atoms with Gasteiger partial charge in [-0.2, -0.15) is 0 Å². The fourth-order valence-corrected chi connectivity index (χ4v) is 4.11. The SMILES string of the molecule is Cc1cc(NC(=O)c2cccnc2C)ccc1C(=O)N1Cc2cccnc2Nc2ccccc21. The van der Waals surface area contributed by atoms with Crippen molar-refractivity contribution >= 4 is 34.7 Å². The summed E-state index contributed by atoms with van der Waals surface area (Å²) in [4.78, 5) is 36.8. The number of carbonyl (C=O) groups is 2. The van der Waals surface area contributed by atoms with Crippen LogP contribution in [0.4, 0.5) is 22.9 Å². The number of nitrogens with zero attached hydrogens (tertiary/aromatic N) is 3. The minimum Gasteiger partial charge on any atom is -0.338 e. The van der Waals surface area contributed by atoms with E-state index >= 15 is 0 Å². The summed E-state index contributed by atoms with van der Waals surface area (Å²) in [5.41, 5.74) is 5.67. The van der Waals surface area contributed by atoms with E-state index in [0.717, 1.165) is 28.3 Å². The summed E-state index contributed by atoms with van der Waals surface area (Å²) in [5.74, 6) is 0.385. The lowest BCUT2D eigenvalue weighted by Gasteiger charge is -2.23. The highest BCUT2D eigenvalue weighted by molar-refractivity contribution is 6.10. The molecule has 168 valence electrons. The van der Waals surface area contributed by atoms with E-state index < -0.39 is 0 Å².